The molecule has 104 valence electrons. The van der Waals surface area contributed by atoms with Gasteiger partial charge in [0, 0.05) is 13.0 Å². The van der Waals surface area contributed by atoms with E-state index in [1.54, 1.807) is 11.8 Å². The summed E-state index contributed by atoms with van der Waals surface area (Å²) in [5.74, 6) is 1.14. The number of hydrogen-bond donors (Lipinski definition) is 1. The van der Waals surface area contributed by atoms with Gasteiger partial charge in [-0.2, -0.15) is 0 Å². The third kappa shape index (κ3) is 6.28. The van der Waals surface area contributed by atoms with E-state index in [1.165, 1.54) is 20.0 Å². The first-order valence-electron chi connectivity index (χ1n) is 6.70. The number of carbonyl (C=O) groups is 2. The number of unbranched alkanes of at least 4 members (excludes halogenated alkanes) is 2. The molecule has 1 rings (SSSR count). The van der Waals surface area contributed by atoms with Crippen LogP contribution in [0.2, 0.25) is 0 Å². The Morgan fingerprint density at radius 1 is 1.28 bits per heavy atom. The molecule has 1 amide bonds. The molecule has 1 fully saturated rings. The summed E-state index contributed by atoms with van der Waals surface area (Å²) in [6.07, 6.45) is 6.61. The van der Waals surface area contributed by atoms with Crippen molar-refractivity contribution in [3.05, 3.63) is 0 Å². The van der Waals surface area contributed by atoms with Gasteiger partial charge in [-0.3, -0.25) is 9.59 Å². The maximum absolute atomic E-state index is 11.8. The summed E-state index contributed by atoms with van der Waals surface area (Å²) in [6, 6.07) is 0. The minimum atomic E-state index is -0.155. The second-order valence-corrected chi connectivity index (χ2v) is 5.84. The summed E-state index contributed by atoms with van der Waals surface area (Å²) in [4.78, 5) is 22.6. The zero-order chi connectivity index (χ0) is 13.2. The molecule has 1 aliphatic heterocycles. The molecule has 1 unspecified atom stereocenters. The number of rotatable bonds is 7. The van der Waals surface area contributed by atoms with Crippen LogP contribution in [0.25, 0.3) is 0 Å². The molecule has 0 aromatic carbocycles. The maximum Gasteiger partial charge on any atom is 0.305 e. The van der Waals surface area contributed by atoms with Crippen LogP contribution < -0.4 is 5.32 Å². The number of thioether (sulfide) groups is 1. The second kappa shape index (κ2) is 9.25. The Morgan fingerprint density at radius 2 is 2.11 bits per heavy atom. The largest absolute Gasteiger partial charge is 0.469 e. The van der Waals surface area contributed by atoms with E-state index in [0.717, 1.165) is 38.0 Å². The minimum absolute atomic E-state index is 0.155. The lowest BCUT2D eigenvalue weighted by atomic mass is 10.1. The van der Waals surface area contributed by atoms with E-state index in [1.807, 2.05) is 0 Å². The Bertz CT molecular complexity index is 265. The molecule has 1 heterocycles. The zero-order valence-electron chi connectivity index (χ0n) is 11.1. The highest BCUT2D eigenvalue weighted by molar-refractivity contribution is 8.00. The van der Waals surface area contributed by atoms with E-state index in [4.69, 9.17) is 0 Å². The molecule has 1 atom stereocenters. The van der Waals surface area contributed by atoms with E-state index in [2.05, 4.69) is 10.1 Å². The van der Waals surface area contributed by atoms with Crippen molar-refractivity contribution in [3.63, 3.8) is 0 Å². The van der Waals surface area contributed by atoms with Crippen LogP contribution in [0.5, 0.6) is 0 Å². The lowest BCUT2D eigenvalue weighted by Crippen LogP contribution is -2.34. The SMILES string of the molecule is COC(=O)CCCCCNC(=O)C1CCCCS1. The van der Waals surface area contributed by atoms with Gasteiger partial charge in [-0.25, -0.2) is 0 Å². The van der Waals surface area contributed by atoms with Crippen LogP contribution in [0.15, 0.2) is 0 Å². The van der Waals surface area contributed by atoms with Gasteiger partial charge in [0.2, 0.25) is 5.91 Å². The summed E-state index contributed by atoms with van der Waals surface area (Å²) in [5, 5.41) is 3.14. The lowest BCUT2D eigenvalue weighted by Gasteiger charge is -2.20. The predicted molar refractivity (Wildman–Crippen MR) is 73.6 cm³/mol. The molecule has 5 heteroatoms. The third-order valence-electron chi connectivity index (χ3n) is 3.06. The van der Waals surface area contributed by atoms with Crippen molar-refractivity contribution in [2.24, 2.45) is 0 Å². The van der Waals surface area contributed by atoms with Crippen LogP contribution in [0.4, 0.5) is 0 Å². The van der Waals surface area contributed by atoms with Gasteiger partial charge < -0.3 is 10.1 Å². The molecule has 0 saturated carbocycles. The van der Waals surface area contributed by atoms with Crippen molar-refractivity contribution in [3.8, 4) is 0 Å². The van der Waals surface area contributed by atoms with E-state index >= 15 is 0 Å². The Balaban J connectivity index is 1.96. The van der Waals surface area contributed by atoms with Gasteiger partial charge >= 0.3 is 5.97 Å². The number of ether oxygens (including phenoxy) is 1. The lowest BCUT2D eigenvalue weighted by molar-refractivity contribution is -0.140. The number of hydrogen-bond acceptors (Lipinski definition) is 4. The minimum Gasteiger partial charge on any atom is -0.469 e. The summed E-state index contributed by atoms with van der Waals surface area (Å²) in [6.45, 7) is 0.719. The quantitative estimate of drug-likeness (QED) is 0.570. The Hall–Kier alpha value is -0.710. The zero-order valence-corrected chi connectivity index (χ0v) is 11.9. The van der Waals surface area contributed by atoms with Gasteiger partial charge in [-0.1, -0.05) is 12.8 Å². The van der Waals surface area contributed by atoms with Crippen molar-refractivity contribution in [2.45, 2.75) is 50.2 Å². The molecule has 18 heavy (non-hydrogen) atoms. The Labute approximate surface area is 113 Å². The highest BCUT2D eigenvalue weighted by Gasteiger charge is 2.20. The second-order valence-electron chi connectivity index (χ2n) is 4.53. The Kier molecular flexibility index (Phi) is 7.89. The van der Waals surface area contributed by atoms with E-state index in [0.29, 0.717) is 6.42 Å². The van der Waals surface area contributed by atoms with Crippen molar-refractivity contribution >= 4 is 23.6 Å². The van der Waals surface area contributed by atoms with Crippen molar-refractivity contribution in [1.82, 2.24) is 5.32 Å². The number of nitrogens with one attached hydrogen (secondary N) is 1. The van der Waals surface area contributed by atoms with Crippen LogP contribution >= 0.6 is 11.8 Å². The summed E-state index contributed by atoms with van der Waals surface area (Å²) < 4.78 is 4.56. The number of methoxy groups -OCH3 is 1. The fourth-order valence-electron chi connectivity index (χ4n) is 1.95. The molecule has 0 aromatic rings. The maximum atomic E-state index is 11.8. The van der Waals surface area contributed by atoms with E-state index < -0.39 is 0 Å². The van der Waals surface area contributed by atoms with Crippen LogP contribution in [-0.4, -0.2) is 36.5 Å². The first-order chi connectivity index (χ1) is 8.74. The van der Waals surface area contributed by atoms with Gasteiger partial charge in [0.1, 0.15) is 0 Å². The van der Waals surface area contributed by atoms with Crippen molar-refractivity contribution < 1.29 is 14.3 Å². The topological polar surface area (TPSA) is 55.4 Å². The normalized spacial score (nSPS) is 19.3. The average molecular weight is 273 g/mol. The summed E-state index contributed by atoms with van der Waals surface area (Å²) in [7, 11) is 1.41. The number of esters is 1. The smallest absolute Gasteiger partial charge is 0.305 e. The van der Waals surface area contributed by atoms with Gasteiger partial charge in [0.15, 0.2) is 0 Å². The predicted octanol–water partition coefficient (Wildman–Crippen LogP) is 2.12. The van der Waals surface area contributed by atoms with Crippen molar-refractivity contribution in [2.75, 3.05) is 19.4 Å². The fourth-order valence-corrected chi connectivity index (χ4v) is 3.17. The Morgan fingerprint density at radius 3 is 2.78 bits per heavy atom. The highest BCUT2D eigenvalue weighted by atomic mass is 32.2. The molecular weight excluding hydrogens is 250 g/mol. The average Bonchev–Trinajstić information content (AvgIpc) is 2.43. The fraction of sp³-hybridized carbons (Fsp3) is 0.846. The van der Waals surface area contributed by atoms with Crippen LogP contribution in [0.3, 0.4) is 0 Å². The van der Waals surface area contributed by atoms with Gasteiger partial charge in [-0.15, -0.1) is 11.8 Å². The van der Waals surface area contributed by atoms with E-state index in [-0.39, 0.29) is 17.1 Å². The van der Waals surface area contributed by atoms with Gasteiger partial charge in [0.05, 0.1) is 12.4 Å². The monoisotopic (exact) mass is 273 g/mol. The molecule has 1 N–H and O–H groups in total. The molecule has 1 saturated heterocycles. The molecule has 0 spiro atoms. The molecule has 1 aliphatic rings. The van der Waals surface area contributed by atoms with Crippen LogP contribution in [-0.2, 0) is 14.3 Å². The van der Waals surface area contributed by atoms with Crippen LogP contribution in [0, 0.1) is 0 Å². The molecule has 0 radical (unpaired) electrons. The highest BCUT2D eigenvalue weighted by Crippen LogP contribution is 2.24. The first kappa shape index (κ1) is 15.3. The molecule has 0 aromatic heterocycles. The number of amides is 1. The summed E-state index contributed by atoms with van der Waals surface area (Å²) in [5.41, 5.74) is 0. The molecule has 0 bridgehead atoms. The van der Waals surface area contributed by atoms with Gasteiger partial charge in [-0.05, 0) is 31.4 Å². The molecule has 0 aliphatic carbocycles. The standard InChI is InChI=1S/C13H23NO3S/c1-17-12(15)8-3-2-5-9-14-13(16)11-7-4-6-10-18-11/h11H,2-10H2,1H3,(H,14,16). The third-order valence-corrected chi connectivity index (χ3v) is 4.43. The van der Waals surface area contributed by atoms with Crippen LogP contribution in [0.1, 0.15) is 44.9 Å². The number of carbonyl (C=O) groups excluding carboxylic acids is 2. The summed E-state index contributed by atoms with van der Waals surface area (Å²) >= 11 is 1.77. The van der Waals surface area contributed by atoms with Gasteiger partial charge in [0.25, 0.3) is 0 Å². The van der Waals surface area contributed by atoms with E-state index in [9.17, 15) is 9.59 Å². The molecular formula is C13H23NO3S. The van der Waals surface area contributed by atoms with Crippen molar-refractivity contribution in [1.29, 1.82) is 0 Å². The first-order valence-corrected chi connectivity index (χ1v) is 7.75. The molecule has 4 nitrogen and oxygen atoms in total.